The highest BCUT2D eigenvalue weighted by atomic mass is 32.2. The van der Waals surface area contributed by atoms with Crippen molar-refractivity contribution in [2.45, 2.75) is 163 Å². The van der Waals surface area contributed by atoms with E-state index in [0.29, 0.717) is 6.04 Å². The SMILES string of the molecule is CCCCC(CC(C)O)OCCC.CCCCN.CCCCNC(CCCC)CC(C)O.CCS(=O)(=O)O. The average Bonchev–Trinajstić information content (AvgIpc) is 2.85. The Labute approximate surface area is 237 Å². The summed E-state index contributed by atoms with van der Waals surface area (Å²) < 4.78 is 32.6. The van der Waals surface area contributed by atoms with E-state index in [-0.39, 0.29) is 24.1 Å². The van der Waals surface area contributed by atoms with E-state index in [1.807, 2.05) is 13.8 Å². The summed E-state index contributed by atoms with van der Waals surface area (Å²) in [5.41, 5.74) is 5.14. The zero-order valence-electron chi connectivity index (χ0n) is 26.4. The van der Waals surface area contributed by atoms with Gasteiger partial charge >= 0.3 is 0 Å². The fourth-order valence-electron chi connectivity index (χ4n) is 3.22. The highest BCUT2D eigenvalue weighted by molar-refractivity contribution is 7.85. The maximum atomic E-state index is 9.56. The molecule has 38 heavy (non-hydrogen) atoms. The van der Waals surface area contributed by atoms with Crippen molar-refractivity contribution in [1.82, 2.24) is 5.32 Å². The average molecular weight is 573 g/mol. The molecule has 0 heterocycles. The lowest BCUT2D eigenvalue weighted by molar-refractivity contribution is 0.0124. The fraction of sp³-hybridized carbons (Fsp3) is 1.00. The lowest BCUT2D eigenvalue weighted by Crippen LogP contribution is -2.32. The van der Waals surface area contributed by atoms with Crippen LogP contribution < -0.4 is 11.1 Å². The number of aliphatic hydroxyl groups is 2. The zero-order chi connectivity index (χ0) is 30.2. The summed E-state index contributed by atoms with van der Waals surface area (Å²) in [6.07, 6.45) is 14.6. The molecule has 0 aromatic carbocycles. The Morgan fingerprint density at radius 3 is 1.58 bits per heavy atom. The number of aliphatic hydroxyl groups excluding tert-OH is 2. The molecule has 0 aliphatic heterocycles. The molecule has 9 heteroatoms. The largest absolute Gasteiger partial charge is 0.393 e. The number of nitrogens with two attached hydrogens (primary N) is 1. The van der Waals surface area contributed by atoms with Crippen LogP contribution in [0.5, 0.6) is 0 Å². The van der Waals surface area contributed by atoms with Gasteiger partial charge < -0.3 is 26.0 Å². The molecule has 0 rings (SSSR count). The maximum Gasteiger partial charge on any atom is 0.264 e. The number of hydrogen-bond donors (Lipinski definition) is 5. The molecule has 0 aromatic heterocycles. The molecule has 0 aliphatic rings. The van der Waals surface area contributed by atoms with Gasteiger partial charge in [0.15, 0.2) is 0 Å². The smallest absolute Gasteiger partial charge is 0.264 e. The summed E-state index contributed by atoms with van der Waals surface area (Å²) in [5, 5.41) is 22.1. The first kappa shape index (κ1) is 44.7. The van der Waals surface area contributed by atoms with Gasteiger partial charge in [0.05, 0.1) is 24.1 Å². The molecule has 0 radical (unpaired) electrons. The van der Waals surface area contributed by atoms with Gasteiger partial charge in [-0.3, -0.25) is 4.55 Å². The molecule has 0 amide bonds. The van der Waals surface area contributed by atoms with Crippen LogP contribution in [0.15, 0.2) is 0 Å². The predicted octanol–water partition coefficient (Wildman–Crippen LogP) is 6.09. The minimum atomic E-state index is -3.66. The van der Waals surface area contributed by atoms with Crippen molar-refractivity contribution < 1.29 is 27.9 Å². The minimum Gasteiger partial charge on any atom is -0.393 e. The first-order valence-corrected chi connectivity index (χ1v) is 16.9. The molecule has 8 nitrogen and oxygen atoms in total. The monoisotopic (exact) mass is 572 g/mol. The van der Waals surface area contributed by atoms with E-state index < -0.39 is 10.1 Å². The molecular formula is C29H68N2O6S. The third-order valence-corrected chi connectivity index (χ3v) is 6.19. The van der Waals surface area contributed by atoms with Crippen molar-refractivity contribution in [2.75, 3.05) is 25.4 Å². The first-order valence-electron chi connectivity index (χ1n) is 15.2. The molecule has 4 atom stereocenters. The molecule has 0 saturated heterocycles. The van der Waals surface area contributed by atoms with E-state index in [1.165, 1.54) is 64.7 Å². The van der Waals surface area contributed by atoms with Crippen LogP contribution in [0.4, 0.5) is 0 Å². The Morgan fingerprint density at radius 1 is 0.763 bits per heavy atom. The normalized spacial score (nSPS) is 14.0. The molecule has 0 aromatic rings. The molecule has 0 fully saturated rings. The quantitative estimate of drug-likeness (QED) is 0.0871. The molecule has 0 aliphatic carbocycles. The third kappa shape index (κ3) is 48.7. The van der Waals surface area contributed by atoms with E-state index >= 15 is 0 Å². The Hall–Kier alpha value is -0.290. The Bertz CT molecular complexity index is 509. The van der Waals surface area contributed by atoms with Crippen LogP contribution in [0.25, 0.3) is 0 Å². The van der Waals surface area contributed by atoms with Crippen molar-refractivity contribution in [3.05, 3.63) is 0 Å². The number of nitrogens with one attached hydrogen (secondary N) is 1. The van der Waals surface area contributed by atoms with Crippen LogP contribution in [0.2, 0.25) is 0 Å². The Balaban J connectivity index is -0.000000221. The van der Waals surface area contributed by atoms with Crippen LogP contribution in [0.3, 0.4) is 0 Å². The Kier molecular flexibility index (Phi) is 40.9. The second-order valence-corrected chi connectivity index (χ2v) is 11.7. The second-order valence-electron chi connectivity index (χ2n) is 9.96. The van der Waals surface area contributed by atoms with E-state index in [2.05, 4.69) is 39.9 Å². The molecule has 6 N–H and O–H groups in total. The van der Waals surface area contributed by atoms with Gasteiger partial charge in [-0.15, -0.1) is 0 Å². The summed E-state index contributed by atoms with van der Waals surface area (Å²) in [5.74, 6) is -0.201. The van der Waals surface area contributed by atoms with E-state index in [0.717, 1.165) is 45.4 Å². The van der Waals surface area contributed by atoms with Crippen molar-refractivity contribution in [1.29, 1.82) is 0 Å². The lowest BCUT2D eigenvalue weighted by atomic mass is 10.0. The van der Waals surface area contributed by atoms with Crippen LogP contribution in [0, 0.1) is 0 Å². The van der Waals surface area contributed by atoms with Crippen molar-refractivity contribution in [3.63, 3.8) is 0 Å². The van der Waals surface area contributed by atoms with Gasteiger partial charge in [0.1, 0.15) is 0 Å². The number of hydrogen-bond acceptors (Lipinski definition) is 7. The van der Waals surface area contributed by atoms with Gasteiger partial charge in [-0.1, -0.05) is 73.1 Å². The van der Waals surface area contributed by atoms with Crippen molar-refractivity contribution in [2.24, 2.45) is 5.73 Å². The topological polar surface area (TPSA) is 142 Å². The van der Waals surface area contributed by atoms with E-state index in [1.54, 1.807) is 0 Å². The fourth-order valence-corrected chi connectivity index (χ4v) is 3.22. The predicted molar refractivity (Wildman–Crippen MR) is 164 cm³/mol. The molecule has 0 spiro atoms. The van der Waals surface area contributed by atoms with Gasteiger partial charge in [0.25, 0.3) is 10.1 Å². The van der Waals surface area contributed by atoms with Crippen LogP contribution >= 0.6 is 0 Å². The van der Waals surface area contributed by atoms with Crippen LogP contribution in [0.1, 0.15) is 139 Å². The minimum absolute atomic E-state index is 0.175. The van der Waals surface area contributed by atoms with Crippen LogP contribution in [-0.2, 0) is 14.9 Å². The highest BCUT2D eigenvalue weighted by Gasteiger charge is 2.11. The molecular weight excluding hydrogens is 504 g/mol. The van der Waals surface area contributed by atoms with Gasteiger partial charge in [0.2, 0.25) is 0 Å². The maximum absolute atomic E-state index is 9.56. The van der Waals surface area contributed by atoms with E-state index in [9.17, 15) is 18.6 Å². The van der Waals surface area contributed by atoms with Gasteiger partial charge in [-0.25, -0.2) is 0 Å². The van der Waals surface area contributed by atoms with Crippen LogP contribution in [-0.4, -0.2) is 73.0 Å². The number of unbranched alkanes of at least 4 members (excludes halogenated alkanes) is 4. The summed E-state index contributed by atoms with van der Waals surface area (Å²) in [4.78, 5) is 0. The second kappa shape index (κ2) is 34.7. The Morgan fingerprint density at radius 2 is 1.24 bits per heavy atom. The number of rotatable bonds is 20. The summed E-state index contributed by atoms with van der Waals surface area (Å²) in [7, 11) is -3.66. The first-order chi connectivity index (χ1) is 17.9. The summed E-state index contributed by atoms with van der Waals surface area (Å²) in [6, 6.07) is 0.515. The molecule has 4 unspecified atom stereocenters. The lowest BCUT2D eigenvalue weighted by Gasteiger charge is -2.19. The van der Waals surface area contributed by atoms with Crippen molar-refractivity contribution in [3.8, 4) is 0 Å². The molecule has 0 saturated carbocycles. The molecule has 0 bridgehead atoms. The molecule has 236 valence electrons. The summed E-state index contributed by atoms with van der Waals surface area (Å²) >= 11 is 0. The van der Waals surface area contributed by atoms with Gasteiger partial charge in [0, 0.05) is 12.6 Å². The van der Waals surface area contributed by atoms with Gasteiger partial charge in [-0.05, 0) is 78.8 Å². The summed E-state index contributed by atoms with van der Waals surface area (Å²) in [6.45, 7) is 18.7. The standard InChI is InChI=1S/C12H27NO.C11H24O2.C4H11N.C2H6O3S/c1-4-6-8-12(10-11(3)14)13-9-7-5-2;1-4-6-7-11(9-10(3)12)13-8-5-2;1-2-3-4-5;1-2-6(3,4)5/h11-14H,4-10H2,1-3H3;10-12H,4-9H2,1-3H3;2-5H2,1H3;2H2,1H3,(H,3,4,5). The van der Waals surface area contributed by atoms with Gasteiger partial charge in [-0.2, -0.15) is 8.42 Å². The number of ether oxygens (including phenoxy) is 1. The third-order valence-electron chi connectivity index (χ3n) is 5.46. The highest BCUT2D eigenvalue weighted by Crippen LogP contribution is 2.11. The van der Waals surface area contributed by atoms with Crippen molar-refractivity contribution >= 4 is 10.1 Å². The zero-order valence-corrected chi connectivity index (χ0v) is 27.2. The van der Waals surface area contributed by atoms with E-state index in [4.69, 9.17) is 15.0 Å².